The first kappa shape index (κ1) is 29.7. The molecule has 0 unspecified atom stereocenters. The number of rotatable bonds is 8. The van der Waals surface area contributed by atoms with Gasteiger partial charge < -0.3 is 30.1 Å². The zero-order valence-corrected chi connectivity index (χ0v) is 21.1. The quantitative estimate of drug-likeness (QED) is 0.0890. The fraction of sp³-hybridized carbons (Fsp3) is 0.250. The third kappa shape index (κ3) is 7.36. The maximum absolute atomic E-state index is 13.6. The summed E-state index contributed by atoms with van der Waals surface area (Å²) in [5.74, 6) is -15.8. The van der Waals surface area contributed by atoms with Gasteiger partial charge in [0.05, 0.1) is 6.42 Å². The van der Waals surface area contributed by atoms with Gasteiger partial charge in [-0.05, 0) is 45.0 Å². The fourth-order valence-electron chi connectivity index (χ4n) is 3.02. The normalized spacial score (nSPS) is 11.1. The number of benzene rings is 1. The van der Waals surface area contributed by atoms with Crippen LogP contribution in [0.4, 0.5) is 38.4 Å². The summed E-state index contributed by atoms with van der Waals surface area (Å²) in [6.45, 7) is 4.63. The molecular formula is C24H22F5N5O6. The van der Waals surface area contributed by atoms with E-state index in [0.717, 1.165) is 0 Å². The molecule has 0 bridgehead atoms. The topological polar surface area (TPSA) is 154 Å². The van der Waals surface area contributed by atoms with Gasteiger partial charge in [-0.15, -0.1) is 0 Å². The highest BCUT2D eigenvalue weighted by Gasteiger charge is 2.28. The molecule has 11 nitrogen and oxygen atoms in total. The molecule has 214 valence electrons. The van der Waals surface area contributed by atoms with Crippen molar-refractivity contribution < 1.29 is 50.6 Å². The number of hydrogen-bond acceptors (Lipinski definition) is 6. The summed E-state index contributed by atoms with van der Waals surface area (Å²) in [5, 5.41) is 7.19. The number of aromatic nitrogens is 2. The van der Waals surface area contributed by atoms with E-state index >= 15 is 0 Å². The maximum atomic E-state index is 13.6. The van der Waals surface area contributed by atoms with Crippen LogP contribution in [0.2, 0.25) is 0 Å². The molecule has 0 aliphatic rings. The molecule has 5 N–H and O–H groups in total. The largest absolute Gasteiger partial charge is 0.444 e. The Hall–Kier alpha value is -4.89. The summed E-state index contributed by atoms with van der Waals surface area (Å²) in [5.41, 5.74) is -0.705. The van der Waals surface area contributed by atoms with Gasteiger partial charge in [0.1, 0.15) is 28.6 Å². The first-order chi connectivity index (χ1) is 18.7. The Labute approximate surface area is 222 Å². The van der Waals surface area contributed by atoms with Crippen molar-refractivity contribution in [2.45, 2.75) is 32.8 Å². The Kier molecular flexibility index (Phi) is 8.81. The van der Waals surface area contributed by atoms with Gasteiger partial charge in [-0.3, -0.25) is 19.7 Å². The molecule has 0 radical (unpaired) electrons. The van der Waals surface area contributed by atoms with Crippen LogP contribution < -0.4 is 20.7 Å². The van der Waals surface area contributed by atoms with Crippen molar-refractivity contribution in [2.75, 3.05) is 17.2 Å². The Morgan fingerprint density at radius 1 is 0.750 bits per heavy atom. The summed E-state index contributed by atoms with van der Waals surface area (Å²) in [6.07, 6.45) is -1.41. The summed E-state index contributed by atoms with van der Waals surface area (Å²) in [7, 11) is 0. The van der Waals surface area contributed by atoms with Crippen LogP contribution in [0.5, 0.6) is 5.75 Å². The van der Waals surface area contributed by atoms with Gasteiger partial charge >= 0.3 is 12.1 Å². The van der Waals surface area contributed by atoms with Gasteiger partial charge in [-0.2, -0.15) is 8.78 Å². The van der Waals surface area contributed by atoms with Gasteiger partial charge in [-0.1, -0.05) is 0 Å². The number of aromatic amines is 2. The number of carbonyl (C=O) groups is 4. The second-order valence-electron chi connectivity index (χ2n) is 9.03. The smallest absolute Gasteiger partial charge is 0.413 e. The Balaban J connectivity index is 1.49. The Bertz CT molecular complexity index is 1430. The van der Waals surface area contributed by atoms with Crippen LogP contribution in [-0.2, 0) is 9.53 Å². The van der Waals surface area contributed by atoms with E-state index in [-0.39, 0.29) is 23.0 Å². The first-order valence-electron chi connectivity index (χ1n) is 11.4. The standard InChI is InChI=1S/C24H22F5N5O6/c1-24(2,3)40-23(38)34-13-7-5-11(32-13)22(37)33-12-6-4-10(31-12)21(36)30-9-8-14(35)39-20-18(28)16(26)15(25)17(27)19(20)29/h4-7,31-32H,8-9H2,1-3H3,(H,30,36)(H,33,37)(H,34,38). The minimum atomic E-state index is -2.41. The molecule has 1 aromatic carbocycles. The van der Waals surface area contributed by atoms with Crippen molar-refractivity contribution >= 4 is 35.5 Å². The number of ether oxygens (including phenoxy) is 2. The number of hydrogen-bond donors (Lipinski definition) is 5. The van der Waals surface area contributed by atoms with Gasteiger partial charge in [0.2, 0.25) is 34.8 Å². The predicted molar refractivity (Wildman–Crippen MR) is 128 cm³/mol. The molecule has 3 amide bonds. The molecule has 2 heterocycles. The van der Waals surface area contributed by atoms with Gasteiger partial charge in [0, 0.05) is 6.54 Å². The van der Waals surface area contributed by atoms with Crippen LogP contribution in [0.15, 0.2) is 24.3 Å². The zero-order valence-electron chi connectivity index (χ0n) is 21.1. The lowest BCUT2D eigenvalue weighted by molar-refractivity contribution is -0.134. The average Bonchev–Trinajstić information content (AvgIpc) is 3.53. The van der Waals surface area contributed by atoms with Crippen LogP contribution >= 0.6 is 0 Å². The third-order valence-corrected chi connectivity index (χ3v) is 4.75. The highest BCUT2D eigenvalue weighted by atomic mass is 19.2. The fourth-order valence-corrected chi connectivity index (χ4v) is 3.02. The molecule has 16 heteroatoms. The monoisotopic (exact) mass is 571 g/mol. The summed E-state index contributed by atoms with van der Waals surface area (Å²) in [6, 6.07) is 5.47. The molecular weight excluding hydrogens is 549 g/mol. The molecule has 3 aromatic rings. The van der Waals surface area contributed by atoms with Crippen molar-refractivity contribution in [3.8, 4) is 5.75 Å². The zero-order chi connectivity index (χ0) is 29.8. The molecule has 3 rings (SSSR count). The van der Waals surface area contributed by atoms with Gasteiger partial charge in [0.25, 0.3) is 11.8 Å². The van der Waals surface area contributed by atoms with Crippen LogP contribution in [0.3, 0.4) is 0 Å². The number of halogens is 5. The van der Waals surface area contributed by atoms with E-state index in [9.17, 15) is 41.1 Å². The number of carbonyl (C=O) groups excluding carboxylic acids is 4. The molecule has 2 aromatic heterocycles. The molecule has 40 heavy (non-hydrogen) atoms. The summed E-state index contributed by atoms with van der Waals surface area (Å²) < 4.78 is 76.1. The van der Waals surface area contributed by atoms with Crippen LogP contribution in [0, 0.1) is 29.1 Å². The lowest BCUT2D eigenvalue weighted by Gasteiger charge is -2.19. The predicted octanol–water partition coefficient (Wildman–Crippen LogP) is 4.36. The number of anilines is 2. The molecule has 0 saturated heterocycles. The van der Waals surface area contributed by atoms with Crippen molar-refractivity contribution in [3.05, 3.63) is 64.7 Å². The molecule has 0 aliphatic carbocycles. The van der Waals surface area contributed by atoms with E-state index in [0.29, 0.717) is 0 Å². The van der Waals surface area contributed by atoms with E-state index in [1.807, 2.05) is 0 Å². The number of H-pyrrole nitrogens is 2. The minimum absolute atomic E-state index is 0.0535. The lowest BCUT2D eigenvalue weighted by Crippen LogP contribution is -2.27. The summed E-state index contributed by atoms with van der Waals surface area (Å²) in [4.78, 5) is 53.6. The number of nitrogens with one attached hydrogen (secondary N) is 5. The first-order valence-corrected chi connectivity index (χ1v) is 11.4. The number of esters is 1. The van der Waals surface area contributed by atoms with Gasteiger partial charge in [-0.25, -0.2) is 18.0 Å². The van der Waals surface area contributed by atoms with E-state index < -0.39 is 77.3 Å². The molecule has 0 aliphatic heterocycles. The third-order valence-electron chi connectivity index (χ3n) is 4.75. The minimum Gasteiger partial charge on any atom is -0.444 e. The maximum Gasteiger partial charge on any atom is 0.413 e. The van der Waals surface area contributed by atoms with E-state index in [1.54, 1.807) is 20.8 Å². The van der Waals surface area contributed by atoms with E-state index in [1.165, 1.54) is 24.3 Å². The highest BCUT2D eigenvalue weighted by molar-refractivity contribution is 6.03. The van der Waals surface area contributed by atoms with E-state index in [2.05, 4.69) is 30.7 Å². The highest BCUT2D eigenvalue weighted by Crippen LogP contribution is 2.29. The van der Waals surface area contributed by atoms with Crippen LogP contribution in [-0.4, -0.2) is 46.0 Å². The van der Waals surface area contributed by atoms with Crippen LogP contribution in [0.1, 0.15) is 48.2 Å². The second kappa shape index (κ2) is 11.9. The van der Waals surface area contributed by atoms with Crippen molar-refractivity contribution in [1.29, 1.82) is 0 Å². The van der Waals surface area contributed by atoms with Crippen LogP contribution in [0.25, 0.3) is 0 Å². The van der Waals surface area contributed by atoms with Crippen molar-refractivity contribution in [2.24, 2.45) is 0 Å². The average molecular weight is 571 g/mol. The molecule has 0 atom stereocenters. The number of amides is 3. The molecule has 0 fully saturated rings. The van der Waals surface area contributed by atoms with E-state index in [4.69, 9.17) is 4.74 Å². The second-order valence-corrected chi connectivity index (χ2v) is 9.03. The van der Waals surface area contributed by atoms with Gasteiger partial charge in [0.15, 0.2) is 0 Å². The Morgan fingerprint density at radius 2 is 1.25 bits per heavy atom. The molecule has 0 saturated carbocycles. The Morgan fingerprint density at radius 3 is 1.80 bits per heavy atom. The lowest BCUT2D eigenvalue weighted by atomic mass is 10.2. The summed E-state index contributed by atoms with van der Waals surface area (Å²) >= 11 is 0. The SMILES string of the molecule is CC(C)(C)OC(=O)Nc1ccc(C(=O)Nc2ccc(C(=O)NCCC(=O)Oc3c(F)c(F)c(F)c(F)c3F)[nH]2)[nH]1. The van der Waals surface area contributed by atoms with Crippen molar-refractivity contribution in [1.82, 2.24) is 15.3 Å². The van der Waals surface area contributed by atoms with Crippen molar-refractivity contribution in [3.63, 3.8) is 0 Å². The molecule has 0 spiro atoms.